The van der Waals surface area contributed by atoms with Gasteiger partial charge in [-0.05, 0) is 0 Å². The Bertz CT molecular complexity index is 198. The maximum Gasteiger partial charge on any atom is 0.133 e. The molecule has 0 aromatic heterocycles. The summed E-state index contributed by atoms with van der Waals surface area (Å²) in [5.41, 5.74) is 0. The molecule has 16 heavy (non-hydrogen) atoms. The van der Waals surface area contributed by atoms with E-state index >= 15 is 0 Å². The molecule has 0 unspecified atom stereocenters. The normalized spacial score (nSPS) is 9.62. The molecular weight excluding hydrogens is 212 g/mol. The largest absolute Gasteiger partial charge is 0.377 e. The summed E-state index contributed by atoms with van der Waals surface area (Å²) in [6.45, 7) is 2.89. The molecule has 0 aromatic rings. The van der Waals surface area contributed by atoms with E-state index < -0.39 is 0 Å². The molecule has 0 heterocycles. The Labute approximate surface area is 95.3 Å². The lowest BCUT2D eigenvalue weighted by molar-refractivity contribution is 0.00467. The topological polar surface area (TPSA) is 84.5 Å². The molecule has 0 atom stereocenters. The van der Waals surface area contributed by atoms with Gasteiger partial charge in [0.25, 0.3) is 0 Å². The smallest absolute Gasteiger partial charge is 0.133 e. The van der Waals surface area contributed by atoms with E-state index in [9.17, 15) is 0 Å². The molecule has 0 bridgehead atoms. The van der Waals surface area contributed by atoms with Gasteiger partial charge >= 0.3 is 0 Å². The van der Waals surface area contributed by atoms with E-state index in [2.05, 4.69) is 0 Å². The molecule has 90 valence electrons. The first-order valence-corrected chi connectivity index (χ1v) is 4.96. The summed E-state index contributed by atoms with van der Waals surface area (Å²) in [6, 6.07) is 3.73. The second-order valence-electron chi connectivity index (χ2n) is 2.65. The maximum atomic E-state index is 8.16. The van der Waals surface area contributed by atoms with Crippen molar-refractivity contribution in [3.05, 3.63) is 0 Å². The molecule has 0 N–H and O–H groups in total. The van der Waals surface area contributed by atoms with E-state index in [1.807, 2.05) is 12.1 Å². The van der Waals surface area contributed by atoms with E-state index in [-0.39, 0.29) is 13.2 Å². The highest BCUT2D eigenvalue weighted by atomic mass is 16.6. The molecule has 0 aliphatic rings. The zero-order valence-electron chi connectivity index (χ0n) is 9.18. The molecule has 6 nitrogen and oxygen atoms in total. The highest BCUT2D eigenvalue weighted by Gasteiger charge is 1.91. The van der Waals surface area contributed by atoms with Crippen LogP contribution in [0.2, 0.25) is 0 Å². The van der Waals surface area contributed by atoms with Crippen LogP contribution < -0.4 is 0 Å². The predicted molar refractivity (Wildman–Crippen MR) is 54.5 cm³/mol. The van der Waals surface area contributed by atoms with Crippen LogP contribution in [0, 0.1) is 22.7 Å². The fourth-order valence-corrected chi connectivity index (χ4v) is 0.793. The Hall–Kier alpha value is -1.18. The van der Waals surface area contributed by atoms with Crippen molar-refractivity contribution in [1.29, 1.82) is 10.5 Å². The number of hydrogen-bond donors (Lipinski definition) is 0. The van der Waals surface area contributed by atoms with Gasteiger partial charge in [-0.15, -0.1) is 0 Å². The van der Waals surface area contributed by atoms with Crippen molar-refractivity contribution in [3.8, 4) is 12.1 Å². The molecule has 0 spiro atoms. The van der Waals surface area contributed by atoms with E-state index in [0.29, 0.717) is 39.6 Å². The van der Waals surface area contributed by atoms with Gasteiger partial charge in [0.1, 0.15) is 13.2 Å². The summed E-state index contributed by atoms with van der Waals surface area (Å²) in [7, 11) is 0. The lowest BCUT2D eigenvalue weighted by Crippen LogP contribution is -2.11. The summed E-state index contributed by atoms with van der Waals surface area (Å²) >= 11 is 0. The van der Waals surface area contributed by atoms with Crippen molar-refractivity contribution in [2.24, 2.45) is 0 Å². The molecule has 0 amide bonds. The van der Waals surface area contributed by atoms with Crippen LogP contribution >= 0.6 is 0 Å². The zero-order valence-corrected chi connectivity index (χ0v) is 9.18. The lowest BCUT2D eigenvalue weighted by atomic mass is 10.7. The van der Waals surface area contributed by atoms with Crippen LogP contribution in [0.5, 0.6) is 0 Å². The van der Waals surface area contributed by atoms with Crippen LogP contribution in [0.1, 0.15) is 0 Å². The van der Waals surface area contributed by atoms with Crippen LogP contribution in [-0.2, 0) is 18.9 Å². The molecular formula is C10H16N2O4. The summed E-state index contributed by atoms with van der Waals surface area (Å²) in [4.78, 5) is 0. The Morgan fingerprint density at radius 2 is 0.875 bits per heavy atom. The molecule has 0 aromatic carbocycles. The van der Waals surface area contributed by atoms with Crippen molar-refractivity contribution in [1.82, 2.24) is 0 Å². The second-order valence-corrected chi connectivity index (χ2v) is 2.65. The minimum Gasteiger partial charge on any atom is -0.377 e. The minimum absolute atomic E-state index is 0.0933. The zero-order chi connectivity index (χ0) is 11.9. The summed E-state index contributed by atoms with van der Waals surface area (Å²) in [5.74, 6) is 0. The highest BCUT2D eigenvalue weighted by molar-refractivity contribution is 4.66. The quantitative estimate of drug-likeness (QED) is 0.466. The fourth-order valence-electron chi connectivity index (χ4n) is 0.793. The van der Waals surface area contributed by atoms with Gasteiger partial charge in [0.15, 0.2) is 0 Å². The van der Waals surface area contributed by atoms with Gasteiger partial charge in [0, 0.05) is 0 Å². The Balaban J connectivity index is 2.89. The number of rotatable bonds is 11. The maximum absolute atomic E-state index is 8.16. The molecule has 0 aliphatic carbocycles. The first-order valence-electron chi connectivity index (χ1n) is 4.96. The first-order chi connectivity index (χ1) is 7.91. The van der Waals surface area contributed by atoms with E-state index in [1.54, 1.807) is 0 Å². The third-order valence-corrected chi connectivity index (χ3v) is 1.45. The van der Waals surface area contributed by atoms with Gasteiger partial charge in [0.05, 0.1) is 51.8 Å². The van der Waals surface area contributed by atoms with E-state index in [0.717, 1.165) is 0 Å². The summed E-state index contributed by atoms with van der Waals surface area (Å²) in [5, 5.41) is 16.3. The van der Waals surface area contributed by atoms with Gasteiger partial charge in [-0.3, -0.25) is 0 Å². The standard InChI is InChI=1S/C10H16N2O4/c11-1-3-13-5-7-15-9-10-16-8-6-14-4-2-12/h3-10H2. The highest BCUT2D eigenvalue weighted by Crippen LogP contribution is 1.82. The molecule has 0 radical (unpaired) electrons. The van der Waals surface area contributed by atoms with E-state index in [4.69, 9.17) is 29.5 Å². The average Bonchev–Trinajstić information content (AvgIpc) is 2.31. The Kier molecular flexibility index (Phi) is 12.8. The molecule has 0 aliphatic heterocycles. The van der Waals surface area contributed by atoms with Gasteiger partial charge in [-0.1, -0.05) is 0 Å². The summed E-state index contributed by atoms with van der Waals surface area (Å²) < 4.78 is 20.1. The first kappa shape index (κ1) is 14.8. The lowest BCUT2D eigenvalue weighted by Gasteiger charge is -2.05. The predicted octanol–water partition coefficient (Wildman–Crippen LogP) is 0.1000. The number of ether oxygens (including phenoxy) is 4. The van der Waals surface area contributed by atoms with Gasteiger partial charge in [-0.2, -0.15) is 10.5 Å². The molecule has 0 rings (SSSR count). The second kappa shape index (κ2) is 13.8. The average molecular weight is 228 g/mol. The summed E-state index contributed by atoms with van der Waals surface area (Å²) in [6.07, 6.45) is 0. The van der Waals surface area contributed by atoms with Gasteiger partial charge in [-0.25, -0.2) is 0 Å². The number of hydrogen-bond acceptors (Lipinski definition) is 6. The third-order valence-electron chi connectivity index (χ3n) is 1.45. The van der Waals surface area contributed by atoms with Crippen molar-refractivity contribution in [2.45, 2.75) is 0 Å². The van der Waals surface area contributed by atoms with Crippen molar-refractivity contribution in [3.63, 3.8) is 0 Å². The fraction of sp³-hybridized carbons (Fsp3) is 0.800. The van der Waals surface area contributed by atoms with Crippen LogP contribution in [0.4, 0.5) is 0 Å². The van der Waals surface area contributed by atoms with Gasteiger partial charge in [0.2, 0.25) is 0 Å². The Morgan fingerprint density at radius 3 is 1.19 bits per heavy atom. The van der Waals surface area contributed by atoms with E-state index in [1.165, 1.54) is 0 Å². The SMILES string of the molecule is N#CCOCCOCCOCCOCC#N. The molecule has 6 heteroatoms. The van der Waals surface area contributed by atoms with Crippen molar-refractivity contribution in [2.75, 3.05) is 52.9 Å². The monoisotopic (exact) mass is 228 g/mol. The van der Waals surface area contributed by atoms with Gasteiger partial charge < -0.3 is 18.9 Å². The van der Waals surface area contributed by atoms with Crippen LogP contribution in [0.15, 0.2) is 0 Å². The number of nitrogens with zero attached hydrogens (tertiary/aromatic N) is 2. The molecule has 0 saturated carbocycles. The molecule has 0 saturated heterocycles. The van der Waals surface area contributed by atoms with Crippen molar-refractivity contribution < 1.29 is 18.9 Å². The Morgan fingerprint density at radius 1 is 0.562 bits per heavy atom. The minimum atomic E-state index is 0.0933. The van der Waals surface area contributed by atoms with Crippen molar-refractivity contribution >= 4 is 0 Å². The number of nitriles is 2. The molecule has 0 fully saturated rings. The third kappa shape index (κ3) is 12.8. The van der Waals surface area contributed by atoms with Crippen LogP contribution in [-0.4, -0.2) is 52.9 Å². The van der Waals surface area contributed by atoms with Crippen LogP contribution in [0.25, 0.3) is 0 Å². The van der Waals surface area contributed by atoms with Crippen LogP contribution in [0.3, 0.4) is 0 Å².